The Balaban J connectivity index is 1.99. The summed E-state index contributed by atoms with van der Waals surface area (Å²) in [6.45, 7) is 3.35. The minimum atomic E-state index is -4.76. The van der Waals surface area contributed by atoms with Crippen molar-refractivity contribution in [3.05, 3.63) is 66.4 Å². The molecular weight excluding hydrogens is 467 g/mol. The van der Waals surface area contributed by atoms with Crippen LogP contribution in [0.5, 0.6) is 11.5 Å². The van der Waals surface area contributed by atoms with E-state index in [0.717, 1.165) is 6.08 Å². The molecule has 0 aliphatic heterocycles. The first-order valence-corrected chi connectivity index (χ1v) is 9.92. The van der Waals surface area contributed by atoms with Crippen molar-refractivity contribution in [1.29, 1.82) is 0 Å². The SMILES string of the molecule is C=CC(=O)Nc1cccc(Nc2nc(Nc3ccc(OC)c(OC)c3C=O)ncc2C(F)(F)F)c1. The number of alkyl halides is 3. The van der Waals surface area contributed by atoms with Crippen molar-refractivity contribution in [3.8, 4) is 11.5 Å². The van der Waals surface area contributed by atoms with Crippen molar-refractivity contribution >= 4 is 41.0 Å². The Hall–Kier alpha value is -4.61. The second kappa shape index (κ2) is 10.5. The maximum absolute atomic E-state index is 13.6. The van der Waals surface area contributed by atoms with E-state index in [0.29, 0.717) is 23.9 Å². The highest BCUT2D eigenvalue weighted by atomic mass is 19.4. The van der Waals surface area contributed by atoms with Crippen LogP contribution in [0.2, 0.25) is 0 Å². The number of aldehydes is 1. The normalized spacial score (nSPS) is 10.8. The monoisotopic (exact) mass is 487 g/mol. The molecule has 0 radical (unpaired) electrons. The van der Waals surface area contributed by atoms with E-state index in [4.69, 9.17) is 9.47 Å². The van der Waals surface area contributed by atoms with Crippen LogP contribution in [0.25, 0.3) is 0 Å². The van der Waals surface area contributed by atoms with Gasteiger partial charge in [0.2, 0.25) is 11.9 Å². The summed E-state index contributed by atoms with van der Waals surface area (Å²) in [4.78, 5) is 30.9. The first kappa shape index (κ1) is 25.0. The summed E-state index contributed by atoms with van der Waals surface area (Å²) in [6.07, 6.45) is -2.57. The molecular formula is C23H20F3N5O4. The predicted octanol–water partition coefficient (Wildman–Crippen LogP) is 4.94. The number of nitrogens with one attached hydrogen (secondary N) is 3. The highest BCUT2D eigenvalue weighted by Crippen LogP contribution is 2.38. The zero-order valence-electron chi connectivity index (χ0n) is 18.6. The van der Waals surface area contributed by atoms with Crippen LogP contribution >= 0.6 is 0 Å². The van der Waals surface area contributed by atoms with Gasteiger partial charge in [0.1, 0.15) is 11.4 Å². The Kier molecular flexibility index (Phi) is 7.54. The Morgan fingerprint density at radius 2 is 1.83 bits per heavy atom. The van der Waals surface area contributed by atoms with E-state index in [9.17, 15) is 22.8 Å². The number of anilines is 5. The largest absolute Gasteiger partial charge is 0.493 e. The van der Waals surface area contributed by atoms with Gasteiger partial charge in [0.05, 0.1) is 25.5 Å². The number of halogens is 3. The molecule has 0 fully saturated rings. The molecule has 3 aromatic rings. The molecule has 0 unspecified atom stereocenters. The minimum absolute atomic E-state index is 0.0653. The summed E-state index contributed by atoms with van der Waals surface area (Å²) in [7, 11) is 2.74. The van der Waals surface area contributed by atoms with E-state index >= 15 is 0 Å². The van der Waals surface area contributed by atoms with Crippen LogP contribution in [0.3, 0.4) is 0 Å². The van der Waals surface area contributed by atoms with Crippen molar-refractivity contribution in [2.75, 3.05) is 30.2 Å². The van der Waals surface area contributed by atoms with Crippen molar-refractivity contribution in [2.24, 2.45) is 0 Å². The van der Waals surface area contributed by atoms with Crippen LogP contribution in [-0.4, -0.2) is 36.4 Å². The van der Waals surface area contributed by atoms with Gasteiger partial charge >= 0.3 is 6.18 Å². The summed E-state index contributed by atoms with van der Waals surface area (Å²) in [6, 6.07) is 9.01. The van der Waals surface area contributed by atoms with Gasteiger partial charge in [-0.25, -0.2) is 4.98 Å². The van der Waals surface area contributed by atoms with Crippen molar-refractivity contribution in [1.82, 2.24) is 9.97 Å². The van der Waals surface area contributed by atoms with E-state index < -0.39 is 23.5 Å². The smallest absolute Gasteiger partial charge is 0.421 e. The molecule has 1 aromatic heterocycles. The van der Waals surface area contributed by atoms with E-state index in [1.807, 2.05) is 0 Å². The molecule has 2 aromatic carbocycles. The quantitative estimate of drug-likeness (QED) is 0.287. The van der Waals surface area contributed by atoms with Gasteiger partial charge in [0, 0.05) is 17.6 Å². The number of amides is 1. The van der Waals surface area contributed by atoms with Crippen LogP contribution in [0.1, 0.15) is 15.9 Å². The fourth-order valence-corrected chi connectivity index (χ4v) is 3.05. The molecule has 182 valence electrons. The lowest BCUT2D eigenvalue weighted by atomic mass is 10.1. The van der Waals surface area contributed by atoms with Crippen LogP contribution < -0.4 is 25.4 Å². The first-order valence-electron chi connectivity index (χ1n) is 9.92. The average Bonchev–Trinajstić information content (AvgIpc) is 2.83. The van der Waals surface area contributed by atoms with E-state index in [-0.39, 0.29) is 28.6 Å². The number of ether oxygens (including phenoxy) is 2. The Morgan fingerprint density at radius 3 is 2.46 bits per heavy atom. The number of nitrogens with zero attached hydrogens (tertiary/aromatic N) is 2. The fourth-order valence-electron chi connectivity index (χ4n) is 3.05. The van der Waals surface area contributed by atoms with E-state index in [2.05, 4.69) is 32.5 Å². The van der Waals surface area contributed by atoms with Crippen molar-refractivity contribution < 1.29 is 32.2 Å². The average molecular weight is 487 g/mol. The lowest BCUT2D eigenvalue weighted by molar-refractivity contribution is -0.137. The van der Waals surface area contributed by atoms with E-state index in [1.165, 1.54) is 44.6 Å². The number of benzene rings is 2. The molecule has 3 N–H and O–H groups in total. The first-order chi connectivity index (χ1) is 16.7. The van der Waals surface area contributed by atoms with Gasteiger partial charge in [0.15, 0.2) is 17.8 Å². The highest BCUT2D eigenvalue weighted by molar-refractivity contribution is 5.99. The summed E-state index contributed by atoms with van der Waals surface area (Å²) in [5.41, 5.74) is -0.303. The van der Waals surface area contributed by atoms with Gasteiger partial charge in [-0.2, -0.15) is 18.2 Å². The van der Waals surface area contributed by atoms with Crippen molar-refractivity contribution in [3.63, 3.8) is 0 Å². The van der Waals surface area contributed by atoms with Crippen LogP contribution in [-0.2, 0) is 11.0 Å². The van der Waals surface area contributed by atoms with Gasteiger partial charge in [-0.1, -0.05) is 12.6 Å². The van der Waals surface area contributed by atoms with E-state index in [1.54, 1.807) is 6.07 Å². The predicted molar refractivity (Wildman–Crippen MR) is 124 cm³/mol. The van der Waals surface area contributed by atoms with Gasteiger partial charge in [-0.05, 0) is 36.4 Å². The number of hydrogen-bond acceptors (Lipinski definition) is 8. The molecule has 12 heteroatoms. The molecule has 0 saturated carbocycles. The lowest BCUT2D eigenvalue weighted by Crippen LogP contribution is -2.13. The second-order valence-electron chi connectivity index (χ2n) is 6.86. The zero-order valence-corrected chi connectivity index (χ0v) is 18.6. The summed E-state index contributed by atoms with van der Waals surface area (Å²) >= 11 is 0. The number of methoxy groups -OCH3 is 2. The minimum Gasteiger partial charge on any atom is -0.493 e. The standard InChI is InChI=1S/C23H20F3N5O4/c1-4-19(33)28-13-6-5-7-14(10-13)29-21-16(23(24,25)26)11-27-22(31-21)30-17-8-9-18(34-2)20(35-3)15(17)12-32/h4-12H,1H2,2-3H3,(H,28,33)(H2,27,29,30,31). The Labute approximate surface area is 198 Å². The lowest BCUT2D eigenvalue weighted by Gasteiger charge is -2.17. The van der Waals surface area contributed by atoms with Gasteiger partial charge < -0.3 is 25.4 Å². The molecule has 3 rings (SSSR count). The van der Waals surface area contributed by atoms with Gasteiger partial charge in [-0.15, -0.1) is 0 Å². The maximum Gasteiger partial charge on any atom is 0.421 e. The third-order valence-electron chi connectivity index (χ3n) is 4.62. The third-order valence-corrected chi connectivity index (χ3v) is 4.62. The molecule has 0 bridgehead atoms. The van der Waals surface area contributed by atoms with Crippen LogP contribution in [0, 0.1) is 0 Å². The van der Waals surface area contributed by atoms with Crippen LogP contribution in [0.4, 0.5) is 42.0 Å². The molecule has 0 spiro atoms. The summed E-state index contributed by atoms with van der Waals surface area (Å²) < 4.78 is 51.2. The highest BCUT2D eigenvalue weighted by Gasteiger charge is 2.35. The molecule has 9 nitrogen and oxygen atoms in total. The summed E-state index contributed by atoms with van der Waals surface area (Å²) in [5.74, 6) is -0.815. The Bertz CT molecular complexity index is 1260. The second-order valence-corrected chi connectivity index (χ2v) is 6.86. The number of aromatic nitrogens is 2. The topological polar surface area (TPSA) is 114 Å². The molecule has 1 heterocycles. The fraction of sp³-hybridized carbons (Fsp3) is 0.130. The van der Waals surface area contributed by atoms with Crippen molar-refractivity contribution in [2.45, 2.75) is 6.18 Å². The van der Waals surface area contributed by atoms with Gasteiger partial charge in [0.25, 0.3) is 0 Å². The zero-order chi connectivity index (χ0) is 25.6. The number of carbonyl (C=O) groups excluding carboxylic acids is 2. The molecule has 0 aliphatic carbocycles. The Morgan fingerprint density at radius 1 is 1.09 bits per heavy atom. The third kappa shape index (κ3) is 5.85. The molecule has 35 heavy (non-hydrogen) atoms. The van der Waals surface area contributed by atoms with Gasteiger partial charge in [-0.3, -0.25) is 9.59 Å². The molecule has 0 atom stereocenters. The molecule has 0 saturated heterocycles. The van der Waals surface area contributed by atoms with Crippen LogP contribution in [0.15, 0.2) is 55.3 Å². The number of hydrogen-bond donors (Lipinski definition) is 3. The number of carbonyl (C=O) groups is 2. The molecule has 1 amide bonds. The summed E-state index contributed by atoms with van der Waals surface area (Å²) in [5, 5.41) is 7.86. The number of rotatable bonds is 9. The maximum atomic E-state index is 13.6. The molecule has 0 aliphatic rings.